The van der Waals surface area contributed by atoms with E-state index in [1.54, 1.807) is 42.5 Å². The number of halogens is 1. The minimum absolute atomic E-state index is 0.203. The lowest BCUT2D eigenvalue weighted by Gasteiger charge is -2.15. The Labute approximate surface area is 159 Å². The van der Waals surface area contributed by atoms with Crippen LogP contribution >= 0.6 is 11.6 Å². The number of aryl methyl sites for hydroxylation is 1. The van der Waals surface area contributed by atoms with Crippen molar-refractivity contribution in [3.63, 3.8) is 0 Å². The Morgan fingerprint density at radius 3 is 2.27 bits per heavy atom. The molecular formula is C21H18ClNO2S. The van der Waals surface area contributed by atoms with Crippen LogP contribution in [0.15, 0.2) is 84.3 Å². The average Bonchev–Trinajstić information content (AvgIpc) is 2.63. The maximum Gasteiger partial charge on any atom is 0.261 e. The normalized spacial score (nSPS) is 11.2. The highest BCUT2D eigenvalue weighted by Crippen LogP contribution is 2.32. The van der Waals surface area contributed by atoms with E-state index in [-0.39, 0.29) is 4.90 Å². The highest BCUT2D eigenvalue weighted by atomic mass is 35.5. The number of sulfonamides is 1. The zero-order valence-electron chi connectivity index (χ0n) is 14.2. The van der Waals surface area contributed by atoms with E-state index in [0.29, 0.717) is 21.8 Å². The number of hydrogen-bond donors (Lipinski definition) is 1. The Morgan fingerprint density at radius 1 is 0.962 bits per heavy atom. The van der Waals surface area contributed by atoms with Crippen molar-refractivity contribution in [3.8, 4) is 0 Å². The number of nitrogens with one attached hydrogen (secondary N) is 1. The quantitative estimate of drug-likeness (QED) is 0.631. The van der Waals surface area contributed by atoms with Gasteiger partial charge >= 0.3 is 0 Å². The lowest BCUT2D eigenvalue weighted by Crippen LogP contribution is -2.14. The minimum atomic E-state index is -3.72. The molecule has 0 saturated heterocycles. The third kappa shape index (κ3) is 3.98. The lowest BCUT2D eigenvalue weighted by molar-refractivity contribution is 0.601. The molecule has 0 unspecified atom stereocenters. The van der Waals surface area contributed by atoms with Crippen molar-refractivity contribution in [2.24, 2.45) is 0 Å². The zero-order chi connectivity index (χ0) is 18.7. The topological polar surface area (TPSA) is 46.2 Å². The second kappa shape index (κ2) is 7.36. The van der Waals surface area contributed by atoms with E-state index in [9.17, 15) is 8.42 Å². The number of anilines is 1. The molecular weight excluding hydrogens is 366 g/mol. The molecule has 5 heteroatoms. The minimum Gasteiger partial charge on any atom is -0.279 e. The molecule has 0 saturated carbocycles. The van der Waals surface area contributed by atoms with Crippen LogP contribution in [0.1, 0.15) is 16.7 Å². The standard InChI is InChI=1S/C21H18ClNO2S/c1-15-8-11-19(12-9-15)26(24,25)23-21-13-10-18(22)14-20(21)16(2)17-6-4-3-5-7-17/h3-14,23H,2H2,1H3. The van der Waals surface area contributed by atoms with Crippen molar-refractivity contribution in [1.29, 1.82) is 0 Å². The highest BCUT2D eigenvalue weighted by molar-refractivity contribution is 7.92. The molecule has 0 aliphatic carbocycles. The fraction of sp³-hybridized carbons (Fsp3) is 0.0476. The molecule has 0 radical (unpaired) electrons. The predicted molar refractivity (Wildman–Crippen MR) is 108 cm³/mol. The first-order valence-corrected chi connectivity index (χ1v) is 9.87. The van der Waals surface area contributed by atoms with Crippen LogP contribution in [0.4, 0.5) is 5.69 Å². The lowest BCUT2D eigenvalue weighted by atomic mass is 9.98. The van der Waals surface area contributed by atoms with Crippen molar-refractivity contribution in [2.45, 2.75) is 11.8 Å². The fourth-order valence-corrected chi connectivity index (χ4v) is 3.82. The van der Waals surface area contributed by atoms with Crippen LogP contribution in [0, 0.1) is 6.92 Å². The Bertz CT molecular complexity index is 1040. The van der Waals surface area contributed by atoms with Crippen molar-refractivity contribution >= 4 is 32.9 Å². The second-order valence-electron chi connectivity index (χ2n) is 5.95. The first-order valence-electron chi connectivity index (χ1n) is 8.00. The summed E-state index contributed by atoms with van der Waals surface area (Å²) in [6.45, 7) is 6.03. The Balaban J connectivity index is 2.01. The van der Waals surface area contributed by atoms with Crippen molar-refractivity contribution < 1.29 is 8.42 Å². The van der Waals surface area contributed by atoms with Crippen LogP contribution in [-0.4, -0.2) is 8.42 Å². The summed E-state index contributed by atoms with van der Waals surface area (Å²) in [7, 11) is -3.72. The summed E-state index contributed by atoms with van der Waals surface area (Å²) in [5.74, 6) is 0. The van der Waals surface area contributed by atoms with Gasteiger partial charge in [-0.2, -0.15) is 0 Å². The summed E-state index contributed by atoms with van der Waals surface area (Å²) in [6, 6.07) is 21.3. The van der Waals surface area contributed by atoms with E-state index < -0.39 is 10.0 Å². The van der Waals surface area contributed by atoms with Gasteiger partial charge in [-0.05, 0) is 48.4 Å². The Morgan fingerprint density at radius 2 is 1.62 bits per heavy atom. The van der Waals surface area contributed by atoms with Crippen LogP contribution in [0.2, 0.25) is 5.02 Å². The fourth-order valence-electron chi connectivity index (χ4n) is 2.57. The summed E-state index contributed by atoms with van der Waals surface area (Å²) in [6.07, 6.45) is 0. The number of benzene rings is 3. The van der Waals surface area contributed by atoms with Crippen LogP contribution < -0.4 is 4.72 Å². The summed E-state index contributed by atoms with van der Waals surface area (Å²) < 4.78 is 28.1. The van der Waals surface area contributed by atoms with E-state index in [0.717, 1.165) is 11.1 Å². The molecule has 26 heavy (non-hydrogen) atoms. The van der Waals surface area contributed by atoms with Gasteiger partial charge in [0.05, 0.1) is 10.6 Å². The summed E-state index contributed by atoms with van der Waals surface area (Å²) in [4.78, 5) is 0.203. The van der Waals surface area contributed by atoms with Gasteiger partial charge in [0.2, 0.25) is 0 Å². The Kier molecular flexibility index (Phi) is 5.16. The molecule has 3 aromatic carbocycles. The smallest absolute Gasteiger partial charge is 0.261 e. The third-order valence-electron chi connectivity index (χ3n) is 4.00. The molecule has 0 bridgehead atoms. The van der Waals surface area contributed by atoms with E-state index in [2.05, 4.69) is 11.3 Å². The molecule has 1 N–H and O–H groups in total. The van der Waals surface area contributed by atoms with Gasteiger partial charge in [-0.25, -0.2) is 8.42 Å². The highest BCUT2D eigenvalue weighted by Gasteiger charge is 2.17. The average molecular weight is 384 g/mol. The maximum atomic E-state index is 12.7. The molecule has 3 aromatic rings. The monoisotopic (exact) mass is 383 g/mol. The third-order valence-corrected chi connectivity index (χ3v) is 5.62. The SMILES string of the molecule is C=C(c1ccccc1)c1cc(Cl)ccc1NS(=O)(=O)c1ccc(C)cc1. The van der Waals surface area contributed by atoms with Gasteiger partial charge < -0.3 is 0 Å². The van der Waals surface area contributed by atoms with E-state index in [1.807, 2.05) is 37.3 Å². The largest absolute Gasteiger partial charge is 0.279 e. The Hall–Kier alpha value is -2.56. The van der Waals surface area contributed by atoms with Gasteiger partial charge in [-0.15, -0.1) is 0 Å². The van der Waals surface area contributed by atoms with Gasteiger partial charge in [0.1, 0.15) is 0 Å². The molecule has 132 valence electrons. The van der Waals surface area contributed by atoms with Gasteiger partial charge in [-0.3, -0.25) is 4.72 Å². The zero-order valence-corrected chi connectivity index (χ0v) is 15.8. The van der Waals surface area contributed by atoms with Gasteiger partial charge in [-0.1, -0.05) is 66.2 Å². The van der Waals surface area contributed by atoms with Gasteiger partial charge in [0.15, 0.2) is 0 Å². The van der Waals surface area contributed by atoms with Crippen LogP contribution in [0.3, 0.4) is 0 Å². The maximum absolute atomic E-state index is 12.7. The molecule has 0 fully saturated rings. The van der Waals surface area contributed by atoms with E-state index in [1.165, 1.54) is 0 Å². The number of rotatable bonds is 5. The second-order valence-corrected chi connectivity index (χ2v) is 8.07. The predicted octanol–water partition coefficient (Wildman–Crippen LogP) is 5.51. The molecule has 0 heterocycles. The summed E-state index contributed by atoms with van der Waals surface area (Å²) >= 11 is 6.14. The van der Waals surface area contributed by atoms with Crippen LogP contribution in [0.5, 0.6) is 0 Å². The van der Waals surface area contributed by atoms with Gasteiger partial charge in [0, 0.05) is 10.6 Å². The molecule has 0 amide bonds. The molecule has 0 aliphatic heterocycles. The van der Waals surface area contributed by atoms with Crippen molar-refractivity contribution in [2.75, 3.05) is 4.72 Å². The first kappa shape index (κ1) is 18.2. The summed E-state index contributed by atoms with van der Waals surface area (Å²) in [5, 5.41) is 0.510. The molecule has 3 rings (SSSR count). The van der Waals surface area contributed by atoms with Crippen molar-refractivity contribution in [1.82, 2.24) is 0 Å². The molecule has 3 nitrogen and oxygen atoms in total. The van der Waals surface area contributed by atoms with Crippen LogP contribution in [-0.2, 0) is 10.0 Å². The van der Waals surface area contributed by atoms with Gasteiger partial charge in [0.25, 0.3) is 10.0 Å². The number of hydrogen-bond acceptors (Lipinski definition) is 2. The van der Waals surface area contributed by atoms with Crippen molar-refractivity contribution in [3.05, 3.63) is 101 Å². The molecule has 0 aliphatic rings. The molecule has 0 spiro atoms. The molecule has 0 aromatic heterocycles. The van der Waals surface area contributed by atoms with E-state index in [4.69, 9.17) is 11.6 Å². The van der Waals surface area contributed by atoms with E-state index >= 15 is 0 Å². The van der Waals surface area contributed by atoms with Crippen LogP contribution in [0.25, 0.3) is 5.57 Å². The summed E-state index contributed by atoms with van der Waals surface area (Å²) in [5.41, 5.74) is 3.65. The first-order chi connectivity index (χ1) is 12.4. The molecule has 0 atom stereocenters.